The highest BCUT2D eigenvalue weighted by Gasteiger charge is 2.31. The summed E-state index contributed by atoms with van der Waals surface area (Å²) in [6.45, 7) is 0. The van der Waals surface area contributed by atoms with Gasteiger partial charge in [-0.1, -0.05) is 18.2 Å². The number of rotatable bonds is 17. The highest BCUT2D eigenvalue weighted by molar-refractivity contribution is 7.98. The molecule has 0 saturated carbocycles. The number of aromatic nitrogens is 1. The van der Waals surface area contributed by atoms with Crippen LogP contribution in [-0.2, 0) is 30.4 Å². The number of H-pyrrole nitrogens is 1. The molecule has 1 aromatic carbocycles. The molecule has 1 heterocycles. The van der Waals surface area contributed by atoms with E-state index in [0.29, 0.717) is 11.5 Å². The highest BCUT2D eigenvalue weighted by Crippen LogP contribution is 2.19. The number of nitrogens with one attached hydrogen (secondary N) is 4. The maximum absolute atomic E-state index is 13.1. The second-order valence-electron chi connectivity index (χ2n) is 8.85. The lowest BCUT2D eigenvalue weighted by molar-refractivity contribution is -0.143. The van der Waals surface area contributed by atoms with Crippen LogP contribution >= 0.6 is 23.5 Å². The van der Waals surface area contributed by atoms with E-state index in [0.717, 1.165) is 16.5 Å². The molecule has 2 rings (SSSR count). The Morgan fingerprint density at radius 3 is 2.05 bits per heavy atom. The first-order chi connectivity index (χ1) is 18.6. The van der Waals surface area contributed by atoms with Gasteiger partial charge in [0.05, 0.1) is 12.5 Å². The molecule has 1 aromatic heterocycles. The molecule has 0 radical (unpaired) electrons. The number of hydrogen-bond acceptors (Lipinski definition) is 8. The number of benzene rings is 1. The summed E-state index contributed by atoms with van der Waals surface area (Å²) < 4.78 is 0. The summed E-state index contributed by atoms with van der Waals surface area (Å²) >= 11 is 2.83. The van der Waals surface area contributed by atoms with E-state index >= 15 is 0 Å². The molecule has 8 N–H and O–H groups in total. The third-order valence-corrected chi connectivity index (χ3v) is 7.22. The van der Waals surface area contributed by atoms with Gasteiger partial charge in [0.1, 0.15) is 18.1 Å². The van der Waals surface area contributed by atoms with Crippen molar-refractivity contribution in [2.45, 2.75) is 49.9 Å². The van der Waals surface area contributed by atoms with Gasteiger partial charge < -0.3 is 36.9 Å². The summed E-state index contributed by atoms with van der Waals surface area (Å²) in [4.78, 5) is 64.8. The third kappa shape index (κ3) is 10.1. The number of aromatic amines is 1. The summed E-state index contributed by atoms with van der Waals surface area (Å²) in [5, 5.41) is 26.9. The van der Waals surface area contributed by atoms with Crippen molar-refractivity contribution in [1.29, 1.82) is 0 Å². The number of carboxylic acid groups (broad SMARTS) is 2. The average molecular weight is 582 g/mol. The second kappa shape index (κ2) is 16.0. The number of amides is 3. The predicted molar refractivity (Wildman–Crippen MR) is 152 cm³/mol. The van der Waals surface area contributed by atoms with E-state index in [1.54, 1.807) is 12.5 Å². The number of para-hydroxylation sites is 1. The molecule has 14 heteroatoms. The number of carboxylic acids is 2. The SMILES string of the molecule is CSCCC(NC(=O)C(CC(=O)O)NC(=O)C(CCSC)NC(=O)C(N)Cc1c[nH]c2ccccc12)C(=O)O. The van der Waals surface area contributed by atoms with Crippen LogP contribution in [0.2, 0.25) is 0 Å². The topological polar surface area (TPSA) is 204 Å². The maximum Gasteiger partial charge on any atom is 0.326 e. The number of carbonyl (C=O) groups is 5. The molecule has 214 valence electrons. The largest absolute Gasteiger partial charge is 0.481 e. The van der Waals surface area contributed by atoms with Gasteiger partial charge >= 0.3 is 11.9 Å². The minimum atomic E-state index is -1.54. The maximum atomic E-state index is 13.1. The Morgan fingerprint density at radius 2 is 1.44 bits per heavy atom. The van der Waals surface area contributed by atoms with Gasteiger partial charge in [-0.2, -0.15) is 23.5 Å². The Kier molecular flexibility index (Phi) is 13.1. The zero-order valence-corrected chi connectivity index (χ0v) is 23.4. The Hall–Kier alpha value is -3.23. The Bertz CT molecular complexity index is 1160. The molecule has 0 bridgehead atoms. The molecule has 0 aliphatic rings. The van der Waals surface area contributed by atoms with Crippen molar-refractivity contribution < 1.29 is 34.2 Å². The van der Waals surface area contributed by atoms with Crippen LogP contribution in [0, 0.1) is 0 Å². The molecule has 0 fully saturated rings. The minimum absolute atomic E-state index is 0.122. The van der Waals surface area contributed by atoms with Gasteiger partial charge in [-0.3, -0.25) is 19.2 Å². The monoisotopic (exact) mass is 581 g/mol. The predicted octanol–water partition coefficient (Wildman–Crippen LogP) is 0.558. The van der Waals surface area contributed by atoms with Crippen molar-refractivity contribution in [3.63, 3.8) is 0 Å². The number of hydrogen-bond donors (Lipinski definition) is 7. The number of fused-ring (bicyclic) bond motifs is 1. The first-order valence-electron chi connectivity index (χ1n) is 12.2. The van der Waals surface area contributed by atoms with Gasteiger partial charge in [0, 0.05) is 17.1 Å². The quantitative estimate of drug-likeness (QED) is 0.138. The zero-order chi connectivity index (χ0) is 28.9. The van der Waals surface area contributed by atoms with Gasteiger partial charge in [-0.05, 0) is 54.9 Å². The Labute approximate surface area is 234 Å². The van der Waals surface area contributed by atoms with E-state index in [2.05, 4.69) is 20.9 Å². The molecule has 4 atom stereocenters. The summed E-state index contributed by atoms with van der Waals surface area (Å²) in [7, 11) is 0. The van der Waals surface area contributed by atoms with E-state index in [9.17, 15) is 34.2 Å². The van der Waals surface area contributed by atoms with Crippen LogP contribution in [0.1, 0.15) is 24.8 Å². The first kappa shape index (κ1) is 32.0. The molecule has 0 aliphatic carbocycles. The highest BCUT2D eigenvalue weighted by atomic mass is 32.2. The lowest BCUT2D eigenvalue weighted by Crippen LogP contribution is -2.57. The first-order valence-corrected chi connectivity index (χ1v) is 15.0. The summed E-state index contributed by atoms with van der Waals surface area (Å²) in [6, 6.07) is 2.72. The number of thioether (sulfide) groups is 2. The normalized spacial score (nSPS) is 14.1. The van der Waals surface area contributed by atoms with Gasteiger partial charge in [-0.15, -0.1) is 0 Å². The van der Waals surface area contributed by atoms with E-state index in [-0.39, 0.29) is 19.3 Å². The van der Waals surface area contributed by atoms with Crippen molar-refractivity contribution in [3.05, 3.63) is 36.0 Å². The Morgan fingerprint density at radius 1 is 0.872 bits per heavy atom. The fourth-order valence-corrected chi connectivity index (χ4v) is 4.78. The fourth-order valence-electron chi connectivity index (χ4n) is 3.83. The van der Waals surface area contributed by atoms with Crippen molar-refractivity contribution >= 4 is 64.1 Å². The molecule has 0 aliphatic heterocycles. The van der Waals surface area contributed by atoms with Crippen LogP contribution in [0.5, 0.6) is 0 Å². The molecule has 3 amide bonds. The third-order valence-electron chi connectivity index (χ3n) is 5.93. The van der Waals surface area contributed by atoms with Crippen molar-refractivity contribution in [3.8, 4) is 0 Å². The minimum Gasteiger partial charge on any atom is -0.481 e. The van der Waals surface area contributed by atoms with Crippen LogP contribution in [0.15, 0.2) is 30.5 Å². The smallest absolute Gasteiger partial charge is 0.326 e. The summed E-state index contributed by atoms with van der Waals surface area (Å²) in [5.41, 5.74) is 7.89. The molecule has 0 saturated heterocycles. The van der Waals surface area contributed by atoms with Gasteiger partial charge in [-0.25, -0.2) is 4.79 Å². The lowest BCUT2D eigenvalue weighted by atomic mass is 10.0. The fraction of sp³-hybridized carbons (Fsp3) is 0.480. The van der Waals surface area contributed by atoms with E-state index in [1.165, 1.54) is 23.5 Å². The molecule has 12 nitrogen and oxygen atoms in total. The van der Waals surface area contributed by atoms with Crippen LogP contribution < -0.4 is 21.7 Å². The van der Waals surface area contributed by atoms with E-state index in [4.69, 9.17) is 5.73 Å². The van der Waals surface area contributed by atoms with E-state index < -0.39 is 60.2 Å². The number of aliphatic carboxylic acids is 2. The molecule has 4 unspecified atom stereocenters. The zero-order valence-electron chi connectivity index (χ0n) is 21.8. The van der Waals surface area contributed by atoms with Gasteiger partial charge in [0.25, 0.3) is 0 Å². The van der Waals surface area contributed by atoms with Gasteiger partial charge in [0.15, 0.2) is 0 Å². The van der Waals surface area contributed by atoms with E-state index in [1.807, 2.05) is 30.5 Å². The molecule has 2 aromatic rings. The average Bonchev–Trinajstić information content (AvgIpc) is 3.30. The lowest BCUT2D eigenvalue weighted by Gasteiger charge is -2.24. The second-order valence-corrected chi connectivity index (χ2v) is 10.8. The Balaban J connectivity index is 2.11. The molecular formula is C25H35N5O7S2. The summed E-state index contributed by atoms with van der Waals surface area (Å²) in [6.07, 6.45) is 5.14. The molecule has 39 heavy (non-hydrogen) atoms. The van der Waals surface area contributed by atoms with Crippen LogP contribution in [0.3, 0.4) is 0 Å². The standard InChI is InChI=1S/C25H35N5O7S2/c1-38-9-7-18(28-22(33)16(26)11-14-13-27-17-6-4-3-5-15(14)17)23(34)30-20(12-21(31)32)24(35)29-19(25(36)37)8-10-39-2/h3-6,13,16,18-20,27H,7-12,26H2,1-2H3,(H,28,33)(H,29,35)(H,30,34)(H,31,32)(H,36,37). The number of nitrogens with two attached hydrogens (primary N) is 1. The molecular weight excluding hydrogens is 546 g/mol. The van der Waals surface area contributed by atoms with Crippen LogP contribution in [0.25, 0.3) is 10.9 Å². The number of carbonyl (C=O) groups excluding carboxylic acids is 3. The van der Waals surface area contributed by atoms with Crippen LogP contribution in [-0.4, -0.2) is 93.0 Å². The van der Waals surface area contributed by atoms with Crippen molar-refractivity contribution in [1.82, 2.24) is 20.9 Å². The van der Waals surface area contributed by atoms with Crippen LogP contribution in [0.4, 0.5) is 0 Å². The summed E-state index contributed by atoms with van der Waals surface area (Å²) in [5.74, 6) is -3.98. The van der Waals surface area contributed by atoms with Gasteiger partial charge in [0.2, 0.25) is 17.7 Å². The van der Waals surface area contributed by atoms with Crippen molar-refractivity contribution in [2.75, 3.05) is 24.0 Å². The van der Waals surface area contributed by atoms with Crippen molar-refractivity contribution in [2.24, 2.45) is 5.73 Å². The molecule has 0 spiro atoms.